The first kappa shape index (κ1) is 23.8. The number of benzene rings is 2. The highest BCUT2D eigenvalue weighted by Gasteiger charge is 2.27. The van der Waals surface area contributed by atoms with Crippen LogP contribution in [0.2, 0.25) is 0 Å². The summed E-state index contributed by atoms with van der Waals surface area (Å²) >= 11 is 0. The molecule has 3 rings (SSSR count). The van der Waals surface area contributed by atoms with Gasteiger partial charge in [0.25, 0.3) is 15.9 Å². The highest BCUT2D eigenvalue weighted by Crippen LogP contribution is 2.24. The van der Waals surface area contributed by atoms with Gasteiger partial charge in [0, 0.05) is 13.1 Å². The standard InChI is InChI=1S/C24H30N2O5S/c1-17-9-7-8-12-22(17)25-23(27)18(2)31-24(28)19-13-15-21(16-14-19)32(29,30)26(3)20-10-5-4-6-11-20/h4-6,10-11,13-18,22H,7-9,12H2,1-3H3,(H,25,27). The van der Waals surface area contributed by atoms with Gasteiger partial charge in [0.05, 0.1) is 16.1 Å². The molecule has 8 heteroatoms. The number of rotatable bonds is 7. The normalized spacial score (nSPS) is 19.6. The second-order valence-corrected chi connectivity index (χ2v) is 10.2. The lowest BCUT2D eigenvalue weighted by molar-refractivity contribution is -0.130. The molecule has 2 aromatic carbocycles. The van der Waals surface area contributed by atoms with E-state index in [4.69, 9.17) is 4.74 Å². The predicted molar refractivity (Wildman–Crippen MR) is 123 cm³/mol. The fraction of sp³-hybridized carbons (Fsp3) is 0.417. The lowest BCUT2D eigenvalue weighted by Crippen LogP contribution is -2.45. The van der Waals surface area contributed by atoms with Crippen molar-refractivity contribution in [3.05, 3.63) is 60.2 Å². The number of esters is 1. The third-order valence-corrected chi connectivity index (χ3v) is 7.76. The SMILES string of the molecule is CC(OC(=O)c1ccc(S(=O)(=O)N(C)c2ccccc2)cc1)C(=O)NC1CCCCC1C. The van der Waals surface area contributed by atoms with Gasteiger partial charge in [0.2, 0.25) is 0 Å². The summed E-state index contributed by atoms with van der Waals surface area (Å²) in [5, 5.41) is 2.98. The van der Waals surface area contributed by atoms with E-state index in [1.807, 2.05) is 0 Å². The second-order valence-electron chi connectivity index (χ2n) is 8.26. The van der Waals surface area contributed by atoms with E-state index in [0.717, 1.165) is 19.3 Å². The molecule has 2 aromatic rings. The monoisotopic (exact) mass is 458 g/mol. The van der Waals surface area contributed by atoms with Crippen LogP contribution < -0.4 is 9.62 Å². The number of amides is 1. The number of para-hydroxylation sites is 1. The van der Waals surface area contributed by atoms with E-state index in [1.165, 1.54) is 49.0 Å². The smallest absolute Gasteiger partial charge is 0.338 e. The van der Waals surface area contributed by atoms with Crippen molar-refractivity contribution < 1.29 is 22.7 Å². The number of hydrogen-bond acceptors (Lipinski definition) is 5. The molecule has 3 unspecified atom stereocenters. The molecule has 172 valence electrons. The summed E-state index contributed by atoms with van der Waals surface area (Å²) in [4.78, 5) is 25.0. The molecule has 0 bridgehead atoms. The number of nitrogens with one attached hydrogen (secondary N) is 1. The summed E-state index contributed by atoms with van der Waals surface area (Å²) in [6.45, 7) is 3.65. The van der Waals surface area contributed by atoms with Gasteiger partial charge in [-0.3, -0.25) is 9.10 Å². The number of nitrogens with zero attached hydrogens (tertiary/aromatic N) is 1. The van der Waals surface area contributed by atoms with Gasteiger partial charge in [-0.15, -0.1) is 0 Å². The van der Waals surface area contributed by atoms with E-state index in [2.05, 4.69) is 12.2 Å². The Morgan fingerprint density at radius 1 is 1.03 bits per heavy atom. The first-order valence-electron chi connectivity index (χ1n) is 10.9. The molecule has 0 spiro atoms. The van der Waals surface area contributed by atoms with Gasteiger partial charge in [0.15, 0.2) is 6.10 Å². The Morgan fingerprint density at radius 3 is 2.28 bits per heavy atom. The van der Waals surface area contributed by atoms with Crippen LogP contribution in [0.5, 0.6) is 0 Å². The molecule has 0 heterocycles. The molecular formula is C24H30N2O5S. The maximum atomic E-state index is 12.9. The van der Waals surface area contributed by atoms with Crippen molar-refractivity contribution >= 4 is 27.6 Å². The topological polar surface area (TPSA) is 92.8 Å². The Hall–Kier alpha value is -2.87. The highest BCUT2D eigenvalue weighted by atomic mass is 32.2. The van der Waals surface area contributed by atoms with Crippen molar-refractivity contribution in [2.24, 2.45) is 5.92 Å². The fourth-order valence-corrected chi connectivity index (χ4v) is 5.01. The first-order chi connectivity index (χ1) is 15.2. The van der Waals surface area contributed by atoms with Gasteiger partial charge in [-0.05, 0) is 62.1 Å². The quantitative estimate of drug-likeness (QED) is 0.638. The van der Waals surface area contributed by atoms with Gasteiger partial charge >= 0.3 is 5.97 Å². The lowest BCUT2D eigenvalue weighted by atomic mass is 9.86. The lowest BCUT2D eigenvalue weighted by Gasteiger charge is -2.30. The molecule has 1 aliphatic carbocycles. The minimum absolute atomic E-state index is 0.0532. The van der Waals surface area contributed by atoms with Gasteiger partial charge in [-0.1, -0.05) is 38.0 Å². The van der Waals surface area contributed by atoms with Crippen LogP contribution >= 0.6 is 0 Å². The number of carbonyl (C=O) groups excluding carboxylic acids is 2. The van der Waals surface area contributed by atoms with Crippen LogP contribution in [-0.4, -0.2) is 39.5 Å². The Morgan fingerprint density at radius 2 is 1.66 bits per heavy atom. The van der Waals surface area contributed by atoms with Crippen LogP contribution in [0, 0.1) is 5.92 Å². The zero-order valence-electron chi connectivity index (χ0n) is 18.7. The summed E-state index contributed by atoms with van der Waals surface area (Å²) in [6.07, 6.45) is 3.32. The number of anilines is 1. The Balaban J connectivity index is 1.62. The van der Waals surface area contributed by atoms with E-state index in [0.29, 0.717) is 11.6 Å². The highest BCUT2D eigenvalue weighted by molar-refractivity contribution is 7.92. The molecule has 0 aromatic heterocycles. The second kappa shape index (κ2) is 10.2. The number of sulfonamides is 1. The molecule has 1 saturated carbocycles. The zero-order valence-corrected chi connectivity index (χ0v) is 19.5. The maximum absolute atomic E-state index is 12.9. The number of hydrogen-bond donors (Lipinski definition) is 1. The van der Waals surface area contributed by atoms with Crippen molar-refractivity contribution in [2.75, 3.05) is 11.4 Å². The van der Waals surface area contributed by atoms with Gasteiger partial charge in [-0.25, -0.2) is 13.2 Å². The fourth-order valence-electron chi connectivity index (χ4n) is 3.81. The van der Waals surface area contributed by atoms with Crippen LogP contribution in [0.3, 0.4) is 0 Å². The predicted octanol–water partition coefficient (Wildman–Crippen LogP) is 3.75. The van der Waals surface area contributed by atoms with Gasteiger partial charge in [-0.2, -0.15) is 0 Å². The largest absolute Gasteiger partial charge is 0.449 e. The van der Waals surface area contributed by atoms with Crippen molar-refractivity contribution in [3.8, 4) is 0 Å². The van der Waals surface area contributed by atoms with Crippen molar-refractivity contribution in [3.63, 3.8) is 0 Å². The Labute approximate surface area is 189 Å². The minimum Gasteiger partial charge on any atom is -0.449 e. The first-order valence-corrected chi connectivity index (χ1v) is 12.3. The maximum Gasteiger partial charge on any atom is 0.338 e. The molecule has 1 aliphatic rings. The van der Waals surface area contributed by atoms with E-state index in [1.54, 1.807) is 30.3 Å². The van der Waals surface area contributed by atoms with E-state index < -0.39 is 22.1 Å². The molecular weight excluding hydrogens is 428 g/mol. The van der Waals surface area contributed by atoms with E-state index in [-0.39, 0.29) is 22.4 Å². The Bertz CT molecular complexity index is 1040. The van der Waals surface area contributed by atoms with Gasteiger partial charge in [0.1, 0.15) is 0 Å². The minimum atomic E-state index is -3.78. The van der Waals surface area contributed by atoms with E-state index >= 15 is 0 Å². The molecule has 32 heavy (non-hydrogen) atoms. The molecule has 7 nitrogen and oxygen atoms in total. The molecule has 0 aliphatic heterocycles. The van der Waals surface area contributed by atoms with Crippen molar-refractivity contribution in [1.82, 2.24) is 5.32 Å². The van der Waals surface area contributed by atoms with Gasteiger partial charge < -0.3 is 10.1 Å². The van der Waals surface area contributed by atoms with Crippen LogP contribution in [0.25, 0.3) is 0 Å². The van der Waals surface area contributed by atoms with Crippen LogP contribution in [0.1, 0.15) is 49.9 Å². The summed E-state index contributed by atoms with van der Waals surface area (Å²) < 4.78 is 32.2. The third-order valence-electron chi connectivity index (χ3n) is 5.96. The molecule has 1 N–H and O–H groups in total. The Kier molecular flexibility index (Phi) is 7.56. The van der Waals surface area contributed by atoms with Crippen LogP contribution in [0.15, 0.2) is 59.5 Å². The summed E-state index contributed by atoms with van der Waals surface area (Å²) in [7, 11) is -2.30. The van der Waals surface area contributed by atoms with E-state index in [9.17, 15) is 18.0 Å². The molecule has 3 atom stereocenters. The van der Waals surface area contributed by atoms with Crippen LogP contribution in [0.4, 0.5) is 5.69 Å². The van der Waals surface area contributed by atoms with Crippen molar-refractivity contribution in [2.45, 2.75) is 56.6 Å². The van der Waals surface area contributed by atoms with Crippen LogP contribution in [-0.2, 0) is 19.6 Å². The average Bonchev–Trinajstić information content (AvgIpc) is 2.80. The van der Waals surface area contributed by atoms with Crippen molar-refractivity contribution in [1.29, 1.82) is 0 Å². The number of ether oxygens (including phenoxy) is 1. The zero-order chi connectivity index (χ0) is 23.3. The summed E-state index contributed by atoms with van der Waals surface area (Å²) in [5.74, 6) is -0.593. The molecule has 0 saturated heterocycles. The number of carbonyl (C=O) groups is 2. The average molecular weight is 459 g/mol. The summed E-state index contributed by atoms with van der Waals surface area (Å²) in [6, 6.07) is 14.3. The molecule has 0 radical (unpaired) electrons. The third kappa shape index (κ3) is 5.48. The molecule has 1 amide bonds. The molecule has 1 fully saturated rings. The summed E-state index contributed by atoms with van der Waals surface area (Å²) in [5.41, 5.74) is 0.708.